The minimum atomic E-state index is -0.960. The molecule has 0 aliphatic carbocycles. The van der Waals surface area contributed by atoms with E-state index in [0.29, 0.717) is 0 Å². The number of aliphatic hydroxyl groups excluding tert-OH is 1. The summed E-state index contributed by atoms with van der Waals surface area (Å²) in [7, 11) is 0. The molecule has 6 heteroatoms. The van der Waals surface area contributed by atoms with E-state index in [4.69, 9.17) is 5.73 Å². The van der Waals surface area contributed by atoms with Gasteiger partial charge in [-0.2, -0.15) is 0 Å². The molecule has 0 amide bonds. The van der Waals surface area contributed by atoms with Gasteiger partial charge in [-0.05, 0) is 17.5 Å². The Morgan fingerprint density at radius 3 is 2.39 bits per heavy atom. The lowest BCUT2D eigenvalue weighted by atomic mass is 9.82. The Morgan fingerprint density at radius 2 is 1.94 bits per heavy atom. The number of aromatic hydroxyl groups is 1. The molecule has 0 radical (unpaired) electrons. The van der Waals surface area contributed by atoms with Gasteiger partial charge < -0.3 is 15.9 Å². The monoisotopic (exact) mass is 254 g/mol. The molecule has 0 aromatic heterocycles. The summed E-state index contributed by atoms with van der Waals surface area (Å²) in [6, 6.07) is 2.69. The zero-order valence-electron chi connectivity index (χ0n) is 10.6. The maximum absolute atomic E-state index is 10.9. The highest BCUT2D eigenvalue weighted by atomic mass is 16.6. The van der Waals surface area contributed by atoms with Crippen LogP contribution in [0.4, 0.5) is 5.69 Å². The average Bonchev–Trinajstić information content (AvgIpc) is 2.25. The first-order valence-corrected chi connectivity index (χ1v) is 5.55. The topological polar surface area (TPSA) is 110 Å². The van der Waals surface area contributed by atoms with Crippen molar-refractivity contribution in [1.82, 2.24) is 0 Å². The van der Waals surface area contributed by atoms with Gasteiger partial charge in [0.05, 0.1) is 22.6 Å². The fraction of sp³-hybridized carbons (Fsp3) is 0.500. The van der Waals surface area contributed by atoms with Crippen molar-refractivity contribution >= 4 is 5.69 Å². The maximum Gasteiger partial charge on any atom is 0.274 e. The van der Waals surface area contributed by atoms with E-state index in [9.17, 15) is 20.3 Å². The van der Waals surface area contributed by atoms with Crippen molar-refractivity contribution in [2.75, 3.05) is 0 Å². The molecule has 1 aromatic rings. The zero-order valence-corrected chi connectivity index (χ0v) is 10.6. The van der Waals surface area contributed by atoms with Gasteiger partial charge in [-0.25, -0.2) is 0 Å². The van der Waals surface area contributed by atoms with Crippen LogP contribution in [0.5, 0.6) is 5.75 Å². The summed E-state index contributed by atoms with van der Waals surface area (Å²) in [4.78, 5) is 10.3. The van der Waals surface area contributed by atoms with Crippen LogP contribution in [0.3, 0.4) is 0 Å². The van der Waals surface area contributed by atoms with Crippen molar-refractivity contribution < 1.29 is 15.1 Å². The van der Waals surface area contributed by atoms with E-state index in [2.05, 4.69) is 0 Å². The van der Waals surface area contributed by atoms with Gasteiger partial charge in [0, 0.05) is 6.07 Å². The van der Waals surface area contributed by atoms with Crippen molar-refractivity contribution in [2.45, 2.75) is 32.9 Å². The summed E-state index contributed by atoms with van der Waals surface area (Å²) in [5.74, 6) is -0.118. The summed E-state index contributed by atoms with van der Waals surface area (Å²) >= 11 is 0. The van der Waals surface area contributed by atoms with Gasteiger partial charge in [0.25, 0.3) is 5.69 Å². The summed E-state index contributed by atoms with van der Waals surface area (Å²) in [6.45, 7) is 5.35. The number of rotatable bonds is 3. The molecule has 0 unspecified atom stereocenters. The first-order valence-electron chi connectivity index (χ1n) is 5.55. The van der Waals surface area contributed by atoms with Crippen LogP contribution in [0.25, 0.3) is 0 Å². The normalized spacial score (nSPS) is 15.2. The molecule has 0 aliphatic rings. The Labute approximate surface area is 105 Å². The Morgan fingerprint density at radius 1 is 1.39 bits per heavy atom. The van der Waals surface area contributed by atoms with E-state index >= 15 is 0 Å². The smallest absolute Gasteiger partial charge is 0.274 e. The summed E-state index contributed by atoms with van der Waals surface area (Å²) in [5.41, 5.74) is 5.27. The summed E-state index contributed by atoms with van der Waals surface area (Å²) in [6.07, 6.45) is -0.960. The van der Waals surface area contributed by atoms with E-state index in [1.165, 1.54) is 18.2 Å². The Kier molecular flexibility index (Phi) is 3.93. The molecular weight excluding hydrogens is 236 g/mol. The predicted octanol–water partition coefficient (Wildman–Crippen LogP) is 1.71. The lowest BCUT2D eigenvalue weighted by Crippen LogP contribution is -2.37. The van der Waals surface area contributed by atoms with Crippen LogP contribution in [0.2, 0.25) is 0 Å². The lowest BCUT2D eigenvalue weighted by molar-refractivity contribution is -0.385. The first-order chi connectivity index (χ1) is 8.14. The van der Waals surface area contributed by atoms with E-state index in [1.54, 1.807) is 20.8 Å². The van der Waals surface area contributed by atoms with E-state index in [-0.39, 0.29) is 17.0 Å². The second-order valence-corrected chi connectivity index (χ2v) is 5.34. The Bertz CT molecular complexity index is 454. The molecule has 1 rings (SSSR count). The number of nitrogens with zero attached hydrogens (tertiary/aromatic N) is 1. The summed E-state index contributed by atoms with van der Waals surface area (Å²) < 4.78 is 0. The van der Waals surface area contributed by atoms with Crippen molar-refractivity contribution in [3.63, 3.8) is 0 Å². The van der Waals surface area contributed by atoms with Crippen molar-refractivity contribution in [1.29, 1.82) is 0 Å². The predicted molar refractivity (Wildman–Crippen MR) is 67.2 cm³/mol. The standard InChI is InChI=1S/C12H18N2O4/c1-12(2,3)11(16)10(13)8-6-7(15)4-5-9(8)14(17)18/h4-6,10-11,15-16H,13H2,1-3H3/t10-,11-/m0/s1. The van der Waals surface area contributed by atoms with Crippen LogP contribution in [0.1, 0.15) is 32.4 Å². The van der Waals surface area contributed by atoms with E-state index < -0.39 is 22.5 Å². The van der Waals surface area contributed by atoms with Gasteiger partial charge in [0.2, 0.25) is 0 Å². The van der Waals surface area contributed by atoms with E-state index in [1.807, 2.05) is 0 Å². The summed E-state index contributed by atoms with van der Waals surface area (Å²) in [5, 5.41) is 30.4. The second-order valence-electron chi connectivity index (χ2n) is 5.34. The molecule has 0 heterocycles. The quantitative estimate of drug-likeness (QED) is 0.561. The minimum absolute atomic E-state index is 0.118. The van der Waals surface area contributed by atoms with Crippen LogP contribution in [0, 0.1) is 15.5 Å². The highest BCUT2D eigenvalue weighted by Crippen LogP contribution is 2.34. The number of aliphatic hydroxyl groups is 1. The molecule has 2 atom stereocenters. The molecule has 6 nitrogen and oxygen atoms in total. The fourth-order valence-corrected chi connectivity index (χ4v) is 1.68. The molecule has 0 saturated carbocycles. The maximum atomic E-state index is 10.9. The Hall–Kier alpha value is -1.66. The SMILES string of the molecule is CC(C)(C)[C@@H](O)[C@@H](N)c1cc(O)ccc1[N+](=O)[O-]. The molecular formula is C12H18N2O4. The zero-order chi connectivity index (χ0) is 14.1. The molecule has 0 bridgehead atoms. The average molecular weight is 254 g/mol. The number of nitro benzene ring substituents is 1. The second kappa shape index (κ2) is 4.91. The molecule has 4 N–H and O–H groups in total. The first kappa shape index (κ1) is 14.4. The van der Waals surface area contributed by atoms with Crippen molar-refractivity contribution in [3.8, 4) is 5.75 Å². The van der Waals surface area contributed by atoms with Crippen molar-refractivity contribution in [3.05, 3.63) is 33.9 Å². The minimum Gasteiger partial charge on any atom is -0.508 e. The van der Waals surface area contributed by atoms with Gasteiger partial charge in [-0.15, -0.1) is 0 Å². The number of hydrogen-bond donors (Lipinski definition) is 3. The number of phenols is 1. The number of benzene rings is 1. The third kappa shape index (κ3) is 2.96. The van der Waals surface area contributed by atoms with Gasteiger partial charge in [-0.1, -0.05) is 20.8 Å². The highest BCUT2D eigenvalue weighted by Gasteiger charge is 2.32. The van der Waals surface area contributed by atoms with Crippen LogP contribution in [0.15, 0.2) is 18.2 Å². The fourth-order valence-electron chi connectivity index (χ4n) is 1.68. The molecule has 0 fully saturated rings. The van der Waals surface area contributed by atoms with Gasteiger partial charge in [-0.3, -0.25) is 10.1 Å². The molecule has 18 heavy (non-hydrogen) atoms. The number of nitrogens with two attached hydrogens (primary N) is 1. The highest BCUT2D eigenvalue weighted by molar-refractivity contribution is 5.47. The van der Waals surface area contributed by atoms with Crippen molar-refractivity contribution in [2.24, 2.45) is 11.1 Å². The molecule has 100 valence electrons. The van der Waals surface area contributed by atoms with Crippen LogP contribution >= 0.6 is 0 Å². The van der Waals surface area contributed by atoms with Gasteiger partial charge in [0.1, 0.15) is 5.75 Å². The number of phenolic OH excluding ortho intramolecular Hbond substituents is 1. The molecule has 1 aromatic carbocycles. The third-order valence-electron chi connectivity index (χ3n) is 2.79. The van der Waals surface area contributed by atoms with Crippen LogP contribution < -0.4 is 5.73 Å². The largest absolute Gasteiger partial charge is 0.508 e. The molecule has 0 spiro atoms. The Balaban J connectivity index is 3.23. The lowest BCUT2D eigenvalue weighted by Gasteiger charge is -2.30. The number of nitro groups is 1. The van der Waals surface area contributed by atoms with E-state index in [0.717, 1.165) is 0 Å². The molecule has 0 saturated heterocycles. The van der Waals surface area contributed by atoms with Gasteiger partial charge in [0.15, 0.2) is 0 Å². The van der Waals surface area contributed by atoms with Crippen LogP contribution in [-0.4, -0.2) is 21.2 Å². The third-order valence-corrected chi connectivity index (χ3v) is 2.79. The van der Waals surface area contributed by atoms with Crippen LogP contribution in [-0.2, 0) is 0 Å². The number of hydrogen-bond acceptors (Lipinski definition) is 5. The van der Waals surface area contributed by atoms with Gasteiger partial charge >= 0.3 is 0 Å². The molecule has 0 aliphatic heterocycles.